The van der Waals surface area contributed by atoms with Gasteiger partial charge in [0, 0.05) is 12.6 Å². The van der Waals surface area contributed by atoms with Crippen molar-refractivity contribution in [1.82, 2.24) is 0 Å². The predicted octanol–water partition coefficient (Wildman–Crippen LogP) is 2.45. The van der Waals surface area contributed by atoms with Gasteiger partial charge in [-0.25, -0.2) is 0 Å². The van der Waals surface area contributed by atoms with Crippen LogP contribution in [-0.2, 0) is 0 Å². The summed E-state index contributed by atoms with van der Waals surface area (Å²) in [6.07, 6.45) is 0. The van der Waals surface area contributed by atoms with Crippen molar-refractivity contribution in [2.75, 3.05) is 0 Å². The normalized spacial score (nSPS) is 12.0. The highest BCUT2D eigenvalue weighted by molar-refractivity contribution is 8.16. The molecule has 0 aromatic carbocycles. The van der Waals surface area contributed by atoms with Gasteiger partial charge in [-0.2, -0.15) is 0 Å². The predicted molar refractivity (Wildman–Crippen MR) is 20.0 cm³/mol. The summed E-state index contributed by atoms with van der Waals surface area (Å²) >= 11 is 0. The van der Waals surface area contributed by atoms with Crippen LogP contribution in [0.1, 0.15) is 0 Å². The largest absolute Gasteiger partial charge is 0.577 e. The first-order valence-electron chi connectivity index (χ1n) is 0.765. The molecule has 0 heterocycles. The summed E-state index contributed by atoms with van der Waals surface area (Å²) in [4.78, 5) is 0. The molecule has 0 saturated carbocycles. The molecule has 0 saturated heterocycles. The summed E-state index contributed by atoms with van der Waals surface area (Å²) in [7, 11) is -4.15. The van der Waals surface area contributed by atoms with Crippen LogP contribution in [-0.4, -0.2) is 0 Å². The summed E-state index contributed by atoms with van der Waals surface area (Å²) in [6, 6.07) is 0. The molecule has 0 rings (SSSR count). The molecule has 0 aliphatic carbocycles. The molecule has 32 valence electrons. The van der Waals surface area contributed by atoms with Crippen LogP contribution in [0, 0.1) is 0 Å². The molecule has 1 atom stereocenters. The molecule has 0 nitrogen and oxygen atoms in total. The Hall–Kier alpha value is 0.650. The lowest BCUT2D eigenvalue weighted by atomic mass is 18.8. The zero-order valence-corrected chi connectivity index (χ0v) is 4.21. The minimum atomic E-state index is -4.97. The molecule has 1 unspecified atom stereocenters. The van der Waals surface area contributed by atoms with E-state index in [4.69, 9.17) is 0 Å². The van der Waals surface area contributed by atoms with Crippen LogP contribution >= 0.6 is 16.8 Å². The van der Waals surface area contributed by atoms with E-state index in [1.165, 1.54) is 0 Å². The average Bonchev–Trinajstić information content (AvgIpc) is 0.722. The van der Waals surface area contributed by atoms with Crippen LogP contribution in [0.25, 0.3) is 0 Å². The molecular weight excluding hydrogens is 119 g/mol. The molecule has 0 N–H and O–H groups in total. The van der Waals surface area contributed by atoms with Gasteiger partial charge in [-0.15, -0.1) is 0 Å². The summed E-state index contributed by atoms with van der Waals surface area (Å²) < 4.78 is 31.3. The molecular formula is H2F3P2+. The van der Waals surface area contributed by atoms with Gasteiger partial charge in [0.2, 0.25) is 0 Å². The Balaban J connectivity index is 3.02. The van der Waals surface area contributed by atoms with Crippen molar-refractivity contribution in [2.45, 2.75) is 0 Å². The third-order valence-electron chi connectivity index (χ3n) is 0. The Morgan fingerprint density at radius 1 is 1.20 bits per heavy atom. The van der Waals surface area contributed by atoms with E-state index < -0.39 is 7.88 Å². The fourth-order valence-corrected chi connectivity index (χ4v) is 0. The van der Waals surface area contributed by atoms with Crippen LogP contribution in [0.3, 0.4) is 0 Å². The van der Waals surface area contributed by atoms with E-state index in [-0.39, 0.29) is 0 Å². The SMILES string of the molecule is F[P+](F)(F)P. The van der Waals surface area contributed by atoms with Crippen molar-refractivity contribution >= 4 is 16.8 Å². The van der Waals surface area contributed by atoms with Crippen molar-refractivity contribution in [3.8, 4) is 0 Å². The maximum absolute atomic E-state index is 10.4. The number of hydrogen-bond acceptors (Lipinski definition) is 0. The maximum atomic E-state index is 10.4. The molecule has 0 aromatic heterocycles. The average molecular weight is 121 g/mol. The molecule has 5 heavy (non-hydrogen) atoms. The second kappa shape index (κ2) is 1.40. The van der Waals surface area contributed by atoms with Gasteiger partial charge in [0.05, 0.1) is 0 Å². The minimum Gasteiger partial charge on any atom is 0.0213 e. The van der Waals surface area contributed by atoms with Crippen molar-refractivity contribution in [3.63, 3.8) is 0 Å². The molecule has 0 amide bonds. The van der Waals surface area contributed by atoms with Crippen LogP contribution in [0.4, 0.5) is 12.6 Å². The fourth-order valence-electron chi connectivity index (χ4n) is 0. The van der Waals surface area contributed by atoms with Gasteiger partial charge in [0.15, 0.2) is 0 Å². The Bertz CT molecular complexity index is 20.4. The van der Waals surface area contributed by atoms with E-state index in [9.17, 15) is 12.6 Å². The Morgan fingerprint density at radius 2 is 1.20 bits per heavy atom. The van der Waals surface area contributed by atoms with Gasteiger partial charge < -0.3 is 0 Å². The molecule has 0 radical (unpaired) electrons. The van der Waals surface area contributed by atoms with Crippen LogP contribution in [0.2, 0.25) is 0 Å². The highest BCUT2D eigenvalue weighted by Gasteiger charge is 2.33. The fraction of sp³-hybridized carbons (Fsp3) is 0. The topological polar surface area (TPSA) is 0 Å². The van der Waals surface area contributed by atoms with E-state index in [2.05, 4.69) is 0 Å². The Morgan fingerprint density at radius 3 is 1.20 bits per heavy atom. The van der Waals surface area contributed by atoms with E-state index in [1.54, 1.807) is 0 Å². The van der Waals surface area contributed by atoms with Gasteiger partial charge in [-0.3, -0.25) is 0 Å². The first-order chi connectivity index (χ1) is 2.00. The van der Waals surface area contributed by atoms with Gasteiger partial charge in [-0.1, -0.05) is 0 Å². The van der Waals surface area contributed by atoms with Crippen molar-refractivity contribution < 1.29 is 12.6 Å². The summed E-state index contributed by atoms with van der Waals surface area (Å²) in [6.45, 7) is 0. The molecule has 0 fully saturated rings. The Kier molecular flexibility index (Phi) is 1.58. The van der Waals surface area contributed by atoms with E-state index in [0.29, 0.717) is 0 Å². The molecule has 5 heteroatoms. The molecule has 0 aliphatic heterocycles. The quantitative estimate of drug-likeness (QED) is 0.431. The van der Waals surface area contributed by atoms with Crippen LogP contribution in [0.5, 0.6) is 0 Å². The second-order valence-electron chi connectivity index (χ2n) is 0.484. The highest BCUT2D eigenvalue weighted by Crippen LogP contribution is 2.71. The van der Waals surface area contributed by atoms with Gasteiger partial charge in [0.25, 0.3) is 0 Å². The molecule has 0 aliphatic rings. The number of hydrogen-bond donors (Lipinski definition) is 0. The third kappa shape index (κ3) is 77.3. The van der Waals surface area contributed by atoms with E-state index in [1.807, 2.05) is 0 Å². The monoisotopic (exact) mass is 121 g/mol. The first-order valence-corrected chi connectivity index (χ1v) is 3.85. The number of halogens is 3. The number of rotatable bonds is 0. The summed E-state index contributed by atoms with van der Waals surface area (Å²) in [5.74, 6) is 0. The lowest BCUT2D eigenvalue weighted by Gasteiger charge is -1.70. The van der Waals surface area contributed by atoms with Crippen LogP contribution in [0.15, 0.2) is 0 Å². The van der Waals surface area contributed by atoms with Crippen molar-refractivity contribution in [1.29, 1.82) is 0 Å². The zero-order chi connectivity index (χ0) is 4.50. The van der Waals surface area contributed by atoms with Gasteiger partial charge >= 0.3 is 7.88 Å². The van der Waals surface area contributed by atoms with Gasteiger partial charge in [0.1, 0.15) is 8.93 Å². The molecule has 0 spiro atoms. The van der Waals surface area contributed by atoms with E-state index in [0.717, 1.165) is 8.93 Å². The van der Waals surface area contributed by atoms with Crippen LogP contribution < -0.4 is 0 Å². The zero-order valence-electron chi connectivity index (χ0n) is 2.16. The molecule has 0 aromatic rings. The highest BCUT2D eigenvalue weighted by atomic mass is 32.1. The van der Waals surface area contributed by atoms with Crippen molar-refractivity contribution in [3.05, 3.63) is 0 Å². The first kappa shape index (κ1) is 5.65. The van der Waals surface area contributed by atoms with E-state index >= 15 is 0 Å². The van der Waals surface area contributed by atoms with Gasteiger partial charge in [-0.05, 0) is 0 Å². The third-order valence-corrected chi connectivity index (χ3v) is 0. The Labute approximate surface area is 30.5 Å². The molecule has 0 bridgehead atoms. The smallest absolute Gasteiger partial charge is 0.0213 e. The minimum absolute atomic E-state index is 0.826. The lowest BCUT2D eigenvalue weighted by molar-refractivity contribution is 0.622. The maximum Gasteiger partial charge on any atom is 0.577 e. The standard InChI is InChI=1S/F3H2P2/c1-5(2,3)4/h4H2/q+1. The van der Waals surface area contributed by atoms with Crippen molar-refractivity contribution in [2.24, 2.45) is 0 Å². The lowest BCUT2D eigenvalue weighted by Crippen LogP contribution is -1.32. The summed E-state index contributed by atoms with van der Waals surface area (Å²) in [5, 5.41) is 0. The second-order valence-corrected chi connectivity index (χ2v) is 3.21. The summed E-state index contributed by atoms with van der Waals surface area (Å²) in [5.41, 5.74) is 0.